The largest absolute Gasteiger partial charge is 0.453 e. The maximum atomic E-state index is 12.1. The zero-order chi connectivity index (χ0) is 20.5. The minimum absolute atomic E-state index is 0.100. The molecule has 0 spiro atoms. The predicted octanol–water partition coefficient (Wildman–Crippen LogP) is 3.73. The Morgan fingerprint density at radius 2 is 1.75 bits per heavy atom. The maximum absolute atomic E-state index is 12.1. The van der Waals surface area contributed by atoms with Gasteiger partial charge in [-0.15, -0.1) is 0 Å². The summed E-state index contributed by atoms with van der Waals surface area (Å²) < 4.78 is 5.15. The number of benzene rings is 2. The van der Waals surface area contributed by atoms with E-state index in [0.29, 0.717) is 29.2 Å². The summed E-state index contributed by atoms with van der Waals surface area (Å²) in [5.74, 6) is -1.12. The fourth-order valence-corrected chi connectivity index (χ4v) is 2.52. The van der Waals surface area contributed by atoms with Gasteiger partial charge in [-0.2, -0.15) is 0 Å². The summed E-state index contributed by atoms with van der Waals surface area (Å²) in [4.78, 5) is 36.0. The molecule has 2 rings (SSSR count). The molecule has 28 heavy (non-hydrogen) atoms. The van der Waals surface area contributed by atoms with Crippen LogP contribution in [0.4, 0.5) is 5.69 Å². The molecule has 2 aromatic carbocycles. The molecule has 0 aromatic heterocycles. The Bertz CT molecular complexity index is 837. The second kappa shape index (κ2) is 10.5. The summed E-state index contributed by atoms with van der Waals surface area (Å²) >= 11 is 5.78. The lowest BCUT2D eigenvalue weighted by Gasteiger charge is -2.14. The maximum Gasteiger partial charge on any atom is 0.306 e. The lowest BCUT2D eigenvalue weighted by atomic mass is 10.2. The number of esters is 1. The zero-order valence-electron chi connectivity index (χ0n) is 15.8. The van der Waals surface area contributed by atoms with Crippen molar-refractivity contribution in [1.82, 2.24) is 5.32 Å². The number of nitrogens with one attached hydrogen (secondary N) is 2. The SMILES string of the molecule is Cc1ccccc1NC(=O)C(C)OC(=O)CCCNC(=O)c1ccc(Cl)cc1. The van der Waals surface area contributed by atoms with Crippen molar-refractivity contribution in [3.05, 3.63) is 64.7 Å². The Balaban J connectivity index is 1.68. The van der Waals surface area contributed by atoms with Crippen molar-refractivity contribution in [2.45, 2.75) is 32.8 Å². The fraction of sp³-hybridized carbons (Fsp3) is 0.286. The highest BCUT2D eigenvalue weighted by molar-refractivity contribution is 6.30. The van der Waals surface area contributed by atoms with Crippen molar-refractivity contribution in [3.63, 3.8) is 0 Å². The number of hydrogen-bond donors (Lipinski definition) is 2. The smallest absolute Gasteiger partial charge is 0.306 e. The average molecular weight is 403 g/mol. The molecule has 7 heteroatoms. The summed E-state index contributed by atoms with van der Waals surface area (Å²) in [5, 5.41) is 6.01. The van der Waals surface area contributed by atoms with Gasteiger partial charge in [0.1, 0.15) is 0 Å². The Labute approximate surface area is 169 Å². The third kappa shape index (κ3) is 6.70. The summed E-state index contributed by atoms with van der Waals surface area (Å²) in [6.45, 7) is 3.72. The molecule has 0 aliphatic heterocycles. The molecule has 2 aromatic rings. The minimum Gasteiger partial charge on any atom is -0.453 e. The third-order valence-electron chi connectivity index (χ3n) is 4.03. The molecule has 0 aliphatic carbocycles. The molecule has 2 N–H and O–H groups in total. The standard InChI is InChI=1S/C21H23ClN2O4/c1-14-6-3-4-7-18(14)24-20(26)15(2)28-19(25)8-5-13-23-21(27)16-9-11-17(22)12-10-16/h3-4,6-7,9-12,15H,5,8,13H2,1-2H3,(H,23,27)(H,24,26). The van der Waals surface area contributed by atoms with E-state index in [1.807, 2.05) is 25.1 Å². The summed E-state index contributed by atoms with van der Waals surface area (Å²) in [6.07, 6.45) is -0.400. The molecule has 0 fully saturated rings. The normalized spacial score (nSPS) is 11.4. The van der Waals surface area contributed by atoms with Crippen molar-refractivity contribution in [3.8, 4) is 0 Å². The fourth-order valence-electron chi connectivity index (χ4n) is 2.40. The highest BCUT2D eigenvalue weighted by Gasteiger charge is 2.18. The summed E-state index contributed by atoms with van der Waals surface area (Å²) in [7, 11) is 0. The van der Waals surface area contributed by atoms with Crippen LogP contribution < -0.4 is 10.6 Å². The van der Waals surface area contributed by atoms with Crippen LogP contribution in [0.15, 0.2) is 48.5 Å². The predicted molar refractivity (Wildman–Crippen MR) is 108 cm³/mol. The van der Waals surface area contributed by atoms with Gasteiger partial charge >= 0.3 is 5.97 Å². The van der Waals surface area contributed by atoms with Crippen molar-refractivity contribution < 1.29 is 19.1 Å². The zero-order valence-corrected chi connectivity index (χ0v) is 16.6. The number of anilines is 1. The monoisotopic (exact) mass is 402 g/mol. The van der Waals surface area contributed by atoms with Gasteiger partial charge in [-0.25, -0.2) is 0 Å². The number of amides is 2. The van der Waals surface area contributed by atoms with E-state index in [0.717, 1.165) is 5.56 Å². The van der Waals surface area contributed by atoms with E-state index in [1.54, 1.807) is 30.3 Å². The molecule has 1 atom stereocenters. The van der Waals surface area contributed by atoms with Crippen LogP contribution >= 0.6 is 11.6 Å². The van der Waals surface area contributed by atoms with Crippen LogP contribution in [0.3, 0.4) is 0 Å². The molecule has 2 amide bonds. The number of hydrogen-bond acceptors (Lipinski definition) is 4. The van der Waals surface area contributed by atoms with Crippen LogP contribution in [0.5, 0.6) is 0 Å². The van der Waals surface area contributed by atoms with Gasteiger partial charge in [0.05, 0.1) is 0 Å². The third-order valence-corrected chi connectivity index (χ3v) is 4.28. The van der Waals surface area contributed by atoms with Gasteiger partial charge in [0.15, 0.2) is 6.10 Å². The van der Waals surface area contributed by atoms with Crippen molar-refractivity contribution in [2.75, 3.05) is 11.9 Å². The summed E-state index contributed by atoms with van der Waals surface area (Å²) in [6, 6.07) is 13.9. The number of carbonyl (C=O) groups excluding carboxylic acids is 3. The van der Waals surface area contributed by atoms with Gasteiger partial charge in [0.2, 0.25) is 0 Å². The Hall–Kier alpha value is -2.86. The molecule has 0 aliphatic rings. The van der Waals surface area contributed by atoms with Crippen molar-refractivity contribution in [1.29, 1.82) is 0 Å². The molecular weight excluding hydrogens is 380 g/mol. The van der Waals surface area contributed by atoms with Crippen LogP contribution in [0.25, 0.3) is 0 Å². The van der Waals surface area contributed by atoms with E-state index >= 15 is 0 Å². The molecule has 0 radical (unpaired) electrons. The summed E-state index contributed by atoms with van der Waals surface area (Å²) in [5.41, 5.74) is 2.10. The van der Waals surface area contributed by atoms with E-state index in [2.05, 4.69) is 10.6 Å². The Morgan fingerprint density at radius 3 is 2.43 bits per heavy atom. The number of rotatable bonds is 8. The lowest BCUT2D eigenvalue weighted by molar-refractivity contribution is -0.153. The number of ether oxygens (including phenoxy) is 1. The number of para-hydroxylation sites is 1. The quantitative estimate of drug-likeness (QED) is 0.520. The molecule has 0 saturated heterocycles. The number of carbonyl (C=O) groups is 3. The van der Waals surface area contributed by atoms with E-state index in [9.17, 15) is 14.4 Å². The van der Waals surface area contributed by atoms with E-state index in [-0.39, 0.29) is 12.3 Å². The van der Waals surface area contributed by atoms with Crippen molar-refractivity contribution >= 4 is 35.1 Å². The van der Waals surface area contributed by atoms with Gasteiger partial charge in [-0.1, -0.05) is 29.8 Å². The molecule has 1 unspecified atom stereocenters. The van der Waals surface area contributed by atoms with Crippen LogP contribution in [0, 0.1) is 6.92 Å². The molecule has 0 saturated carbocycles. The van der Waals surface area contributed by atoms with Crippen LogP contribution in [-0.2, 0) is 14.3 Å². The van der Waals surface area contributed by atoms with Gasteiger partial charge in [0.25, 0.3) is 11.8 Å². The topological polar surface area (TPSA) is 84.5 Å². The number of halogens is 1. The first-order valence-electron chi connectivity index (χ1n) is 8.96. The molecule has 148 valence electrons. The minimum atomic E-state index is -0.907. The highest BCUT2D eigenvalue weighted by Crippen LogP contribution is 2.14. The van der Waals surface area contributed by atoms with Crippen LogP contribution in [0.1, 0.15) is 35.7 Å². The van der Waals surface area contributed by atoms with E-state index < -0.39 is 18.0 Å². The van der Waals surface area contributed by atoms with Gasteiger partial charge in [-0.3, -0.25) is 14.4 Å². The van der Waals surface area contributed by atoms with Gasteiger partial charge in [-0.05, 0) is 56.2 Å². The first kappa shape index (κ1) is 21.4. The molecule has 6 nitrogen and oxygen atoms in total. The van der Waals surface area contributed by atoms with Crippen LogP contribution in [0.2, 0.25) is 5.02 Å². The first-order chi connectivity index (χ1) is 13.4. The molecule has 0 bridgehead atoms. The van der Waals surface area contributed by atoms with E-state index in [1.165, 1.54) is 6.92 Å². The average Bonchev–Trinajstić information content (AvgIpc) is 2.67. The van der Waals surface area contributed by atoms with Crippen molar-refractivity contribution in [2.24, 2.45) is 0 Å². The Morgan fingerprint density at radius 1 is 1.07 bits per heavy atom. The first-order valence-corrected chi connectivity index (χ1v) is 9.34. The van der Waals surface area contributed by atoms with E-state index in [4.69, 9.17) is 16.3 Å². The number of aryl methyl sites for hydroxylation is 1. The second-order valence-electron chi connectivity index (χ2n) is 6.30. The molecular formula is C21H23ClN2O4. The molecule has 0 heterocycles. The highest BCUT2D eigenvalue weighted by atomic mass is 35.5. The lowest BCUT2D eigenvalue weighted by Crippen LogP contribution is -2.30. The van der Waals surface area contributed by atoms with Gasteiger partial charge in [0, 0.05) is 29.2 Å². The van der Waals surface area contributed by atoms with Crippen LogP contribution in [-0.4, -0.2) is 30.4 Å². The Kier molecular flexibility index (Phi) is 8.02. The van der Waals surface area contributed by atoms with Gasteiger partial charge < -0.3 is 15.4 Å². The second-order valence-corrected chi connectivity index (χ2v) is 6.74.